The first-order valence-corrected chi connectivity index (χ1v) is 9.29. The lowest BCUT2D eigenvalue weighted by atomic mass is 9.54. The maximum atomic E-state index is 12.5. The van der Waals surface area contributed by atoms with Crippen LogP contribution >= 0.6 is 11.6 Å². The van der Waals surface area contributed by atoms with E-state index in [1.54, 1.807) is 0 Å². The molecular weight excluding hydrogens is 308 g/mol. The summed E-state index contributed by atoms with van der Waals surface area (Å²) in [6, 6.07) is 7.94. The Morgan fingerprint density at radius 3 is 2.30 bits per heavy atom. The maximum Gasteiger partial charge on any atom is 0.315 e. The molecule has 3 nitrogen and oxygen atoms in total. The number of amides is 2. The lowest BCUT2D eigenvalue weighted by Gasteiger charge is -2.54. The van der Waals surface area contributed by atoms with E-state index in [4.69, 9.17) is 11.6 Å². The first kappa shape index (κ1) is 15.3. The third-order valence-electron chi connectivity index (χ3n) is 6.24. The smallest absolute Gasteiger partial charge is 0.315 e. The van der Waals surface area contributed by atoms with Crippen LogP contribution in [0.5, 0.6) is 0 Å². The second-order valence-corrected chi connectivity index (χ2v) is 8.22. The fraction of sp³-hybridized carbons (Fsp3) is 0.632. The van der Waals surface area contributed by atoms with Crippen molar-refractivity contribution in [3.8, 4) is 0 Å². The van der Waals surface area contributed by atoms with Gasteiger partial charge in [-0.15, -0.1) is 0 Å². The van der Waals surface area contributed by atoms with Gasteiger partial charge in [-0.3, -0.25) is 0 Å². The highest BCUT2D eigenvalue weighted by atomic mass is 35.5. The number of carbonyl (C=O) groups is 1. The van der Waals surface area contributed by atoms with Gasteiger partial charge in [0.1, 0.15) is 0 Å². The van der Waals surface area contributed by atoms with E-state index in [1.165, 1.54) is 32.1 Å². The zero-order chi connectivity index (χ0) is 16.0. The van der Waals surface area contributed by atoms with Gasteiger partial charge in [-0.2, -0.15) is 0 Å². The quantitative estimate of drug-likeness (QED) is 0.839. The van der Waals surface area contributed by atoms with Crippen molar-refractivity contribution in [1.29, 1.82) is 0 Å². The van der Waals surface area contributed by atoms with Gasteiger partial charge >= 0.3 is 6.03 Å². The van der Waals surface area contributed by atoms with Crippen LogP contribution in [0.4, 0.5) is 4.79 Å². The molecule has 4 saturated carbocycles. The Hall–Kier alpha value is -1.22. The molecule has 0 spiro atoms. The second kappa shape index (κ2) is 6.01. The molecule has 0 aliphatic heterocycles. The van der Waals surface area contributed by atoms with Crippen LogP contribution in [0.1, 0.15) is 50.6 Å². The third-order valence-corrected chi connectivity index (χ3v) is 6.59. The Kier molecular flexibility index (Phi) is 4.00. The summed E-state index contributed by atoms with van der Waals surface area (Å²) in [6.45, 7) is 1.98. The van der Waals surface area contributed by atoms with E-state index in [9.17, 15) is 4.79 Å². The zero-order valence-electron chi connectivity index (χ0n) is 13.6. The minimum absolute atomic E-state index is 0.0464. The summed E-state index contributed by atoms with van der Waals surface area (Å²) in [4.78, 5) is 12.5. The maximum absolute atomic E-state index is 12.5. The van der Waals surface area contributed by atoms with Crippen LogP contribution in [-0.4, -0.2) is 12.1 Å². The average Bonchev–Trinajstić information content (AvgIpc) is 2.50. The van der Waals surface area contributed by atoms with Crippen LogP contribution in [-0.2, 0) is 0 Å². The number of hydrogen-bond donors (Lipinski definition) is 2. The van der Waals surface area contributed by atoms with Gasteiger partial charge < -0.3 is 10.6 Å². The molecule has 1 unspecified atom stereocenters. The highest BCUT2D eigenvalue weighted by molar-refractivity contribution is 6.31. The number of nitrogens with one attached hydrogen (secondary N) is 2. The molecule has 1 aromatic carbocycles. The topological polar surface area (TPSA) is 41.1 Å². The summed E-state index contributed by atoms with van der Waals surface area (Å²) in [5.74, 6) is 3.27. The number of halogens is 1. The van der Waals surface area contributed by atoms with E-state index < -0.39 is 0 Å². The standard InChI is InChI=1S/C19H25ClN2O/c1-11(16-4-2-3-5-17(16)20)21-19(23)22-18-14-7-12-6-13(9-14)10-15(18)8-12/h2-5,11-15,18H,6-10H2,1H3,(H2,21,22,23). The van der Waals surface area contributed by atoms with Crippen molar-refractivity contribution in [3.63, 3.8) is 0 Å². The van der Waals surface area contributed by atoms with Crippen molar-refractivity contribution in [1.82, 2.24) is 10.6 Å². The van der Waals surface area contributed by atoms with Crippen molar-refractivity contribution in [3.05, 3.63) is 34.9 Å². The van der Waals surface area contributed by atoms with Gasteiger partial charge in [0, 0.05) is 11.1 Å². The Morgan fingerprint density at radius 2 is 1.70 bits per heavy atom. The SMILES string of the molecule is CC(NC(=O)NC1C2CC3CC(C2)CC1C3)c1ccccc1Cl. The van der Waals surface area contributed by atoms with Crippen LogP contribution in [0.2, 0.25) is 5.02 Å². The van der Waals surface area contributed by atoms with E-state index >= 15 is 0 Å². The molecule has 124 valence electrons. The molecule has 4 fully saturated rings. The van der Waals surface area contributed by atoms with Crippen molar-refractivity contribution in [2.45, 2.75) is 51.1 Å². The van der Waals surface area contributed by atoms with Gasteiger partial charge in [0.05, 0.1) is 6.04 Å². The van der Waals surface area contributed by atoms with E-state index in [-0.39, 0.29) is 12.1 Å². The number of carbonyl (C=O) groups excluding carboxylic acids is 1. The summed E-state index contributed by atoms with van der Waals surface area (Å²) in [6.07, 6.45) is 6.71. The molecule has 0 saturated heterocycles. The van der Waals surface area contributed by atoms with Crippen LogP contribution in [0.3, 0.4) is 0 Å². The van der Waals surface area contributed by atoms with Gasteiger partial charge in [0.2, 0.25) is 0 Å². The van der Waals surface area contributed by atoms with Crippen LogP contribution in [0.25, 0.3) is 0 Å². The normalized spacial score (nSPS) is 35.8. The van der Waals surface area contributed by atoms with E-state index in [0.29, 0.717) is 22.9 Å². The molecule has 4 heteroatoms. The highest BCUT2D eigenvalue weighted by Gasteiger charge is 2.48. The molecule has 4 aliphatic rings. The first-order chi connectivity index (χ1) is 11.1. The Balaban J connectivity index is 1.38. The van der Waals surface area contributed by atoms with Gasteiger partial charge in [-0.05, 0) is 74.3 Å². The van der Waals surface area contributed by atoms with Crippen LogP contribution < -0.4 is 10.6 Å². The predicted molar refractivity (Wildman–Crippen MR) is 92.4 cm³/mol. The zero-order valence-corrected chi connectivity index (χ0v) is 14.4. The van der Waals surface area contributed by atoms with Crippen molar-refractivity contribution in [2.24, 2.45) is 23.7 Å². The highest BCUT2D eigenvalue weighted by Crippen LogP contribution is 2.53. The lowest BCUT2D eigenvalue weighted by molar-refractivity contribution is -0.00950. The van der Waals surface area contributed by atoms with Crippen molar-refractivity contribution >= 4 is 17.6 Å². The molecule has 1 aromatic rings. The molecule has 2 amide bonds. The largest absolute Gasteiger partial charge is 0.335 e. The Bertz CT molecular complexity index is 575. The summed E-state index contributed by atoms with van der Waals surface area (Å²) in [7, 11) is 0. The van der Waals surface area contributed by atoms with Crippen molar-refractivity contribution < 1.29 is 4.79 Å². The molecule has 4 aliphatic carbocycles. The fourth-order valence-corrected chi connectivity index (χ4v) is 5.75. The summed E-state index contributed by atoms with van der Waals surface area (Å²) < 4.78 is 0. The monoisotopic (exact) mass is 332 g/mol. The number of urea groups is 1. The van der Waals surface area contributed by atoms with Gasteiger partial charge in [-0.25, -0.2) is 4.79 Å². The average molecular weight is 333 g/mol. The predicted octanol–water partition coefficient (Wildman–Crippen LogP) is 4.52. The number of rotatable bonds is 3. The molecule has 1 atom stereocenters. The molecule has 2 N–H and O–H groups in total. The van der Waals surface area contributed by atoms with Crippen LogP contribution in [0.15, 0.2) is 24.3 Å². The number of benzene rings is 1. The number of hydrogen-bond acceptors (Lipinski definition) is 1. The molecule has 0 heterocycles. The molecule has 0 aromatic heterocycles. The van der Waals surface area contributed by atoms with Gasteiger partial charge in [0.25, 0.3) is 0 Å². The van der Waals surface area contributed by atoms with E-state index in [2.05, 4.69) is 10.6 Å². The molecular formula is C19H25ClN2O. The van der Waals surface area contributed by atoms with E-state index in [0.717, 1.165) is 17.4 Å². The molecule has 0 radical (unpaired) electrons. The summed E-state index contributed by atoms with van der Waals surface area (Å²) in [5.41, 5.74) is 0.967. The molecule has 4 bridgehead atoms. The van der Waals surface area contributed by atoms with Gasteiger partial charge in [-0.1, -0.05) is 29.8 Å². The molecule has 5 rings (SSSR count). The van der Waals surface area contributed by atoms with Gasteiger partial charge in [0.15, 0.2) is 0 Å². The Morgan fingerprint density at radius 1 is 1.09 bits per heavy atom. The minimum atomic E-state index is -0.0828. The van der Waals surface area contributed by atoms with Crippen LogP contribution in [0, 0.1) is 23.7 Å². The minimum Gasteiger partial charge on any atom is -0.335 e. The Labute approximate surface area is 143 Å². The van der Waals surface area contributed by atoms with E-state index in [1.807, 2.05) is 31.2 Å². The summed E-state index contributed by atoms with van der Waals surface area (Å²) >= 11 is 6.22. The first-order valence-electron chi connectivity index (χ1n) is 8.91. The summed E-state index contributed by atoms with van der Waals surface area (Å²) in [5, 5.41) is 7.05. The third kappa shape index (κ3) is 2.96. The molecule has 23 heavy (non-hydrogen) atoms. The lowest BCUT2D eigenvalue weighted by Crippen LogP contribution is -2.57. The van der Waals surface area contributed by atoms with Crippen molar-refractivity contribution in [2.75, 3.05) is 0 Å². The second-order valence-electron chi connectivity index (χ2n) is 7.82. The fourth-order valence-electron chi connectivity index (χ4n) is 5.45.